The summed E-state index contributed by atoms with van der Waals surface area (Å²) in [5.41, 5.74) is 1.18. The molecule has 0 saturated carbocycles. The monoisotopic (exact) mass is 701 g/mol. The topological polar surface area (TPSA) is 143 Å². The van der Waals surface area contributed by atoms with E-state index in [2.05, 4.69) is 20.5 Å². The number of ether oxygens (including phenoxy) is 1. The molecule has 3 atom stereocenters. The number of guanidine groups is 1. The zero-order chi connectivity index (χ0) is 34.9. The van der Waals surface area contributed by atoms with Gasteiger partial charge in [-0.15, -0.1) is 0 Å². The molecule has 1 fully saturated rings. The van der Waals surface area contributed by atoms with Crippen LogP contribution >= 0.6 is 11.6 Å². The fraction of sp³-hybridized carbons (Fsp3) is 0.286. The van der Waals surface area contributed by atoms with Gasteiger partial charge in [0.15, 0.2) is 11.8 Å². The van der Waals surface area contributed by atoms with Gasteiger partial charge in [-0.05, 0) is 35.7 Å². The number of benzene rings is 2. The Bertz CT molecular complexity index is 1810. The van der Waals surface area contributed by atoms with Gasteiger partial charge in [-0.25, -0.2) is 27.9 Å². The van der Waals surface area contributed by atoms with Gasteiger partial charge in [-0.1, -0.05) is 41.9 Å². The van der Waals surface area contributed by atoms with Crippen molar-refractivity contribution in [2.75, 3.05) is 6.61 Å². The lowest BCUT2D eigenvalue weighted by Crippen LogP contribution is -2.44. The summed E-state index contributed by atoms with van der Waals surface area (Å²) in [6.45, 7) is -2.94. The normalized spacial score (nSPS) is 16.4. The quantitative estimate of drug-likeness (QED) is 0.174. The largest absolute Gasteiger partial charge is 0.447 e. The Morgan fingerprint density at radius 1 is 1.10 bits per heavy atom. The Hall–Kier alpha value is -5.20. The third-order valence-electron chi connectivity index (χ3n) is 7.25. The third kappa shape index (κ3) is 7.04. The van der Waals surface area contributed by atoms with Crippen LogP contribution in [0.2, 0.25) is 5.02 Å². The second kappa shape index (κ2) is 13.5. The lowest BCUT2D eigenvalue weighted by atomic mass is 10.0. The highest BCUT2D eigenvalue weighted by atomic mass is 35.5. The third-order valence-corrected chi connectivity index (χ3v) is 7.57. The molecule has 3 heterocycles. The van der Waals surface area contributed by atoms with Crippen molar-refractivity contribution in [3.8, 4) is 16.8 Å². The average molecular weight is 702 g/mol. The van der Waals surface area contributed by atoms with E-state index >= 15 is 0 Å². The van der Waals surface area contributed by atoms with E-state index in [9.17, 15) is 40.3 Å². The molecule has 5 rings (SSSR count). The Morgan fingerprint density at radius 2 is 1.81 bits per heavy atom. The molecule has 1 saturated heterocycles. The lowest BCUT2D eigenvalue weighted by molar-refractivity contribution is -0.150. The van der Waals surface area contributed by atoms with Crippen LogP contribution in [0.4, 0.5) is 35.5 Å². The molecule has 3 N–H and O–H groups in total. The summed E-state index contributed by atoms with van der Waals surface area (Å²) in [5, 5.41) is 20.2. The van der Waals surface area contributed by atoms with Gasteiger partial charge in [-0.2, -0.15) is 32.1 Å². The van der Waals surface area contributed by atoms with E-state index in [4.69, 9.17) is 21.7 Å². The van der Waals surface area contributed by atoms with Gasteiger partial charge < -0.3 is 15.4 Å². The van der Waals surface area contributed by atoms with Gasteiger partial charge in [0, 0.05) is 11.8 Å². The molecule has 2 amide bonds. The zero-order valence-corrected chi connectivity index (χ0v) is 25.1. The Kier molecular flexibility index (Phi) is 9.60. The van der Waals surface area contributed by atoms with Gasteiger partial charge in [-0.3, -0.25) is 15.1 Å². The molecule has 2 aromatic heterocycles. The van der Waals surface area contributed by atoms with Crippen molar-refractivity contribution in [1.29, 1.82) is 5.41 Å². The van der Waals surface area contributed by atoms with Crippen LogP contribution < -0.4 is 10.6 Å². The number of nitrogens with zero attached hydrogens (tertiary/aromatic N) is 6. The number of amides is 2. The number of nitrogens with one attached hydrogen (secondary N) is 3. The van der Waals surface area contributed by atoms with Crippen LogP contribution in [0.15, 0.2) is 61.2 Å². The van der Waals surface area contributed by atoms with Crippen LogP contribution in [0.5, 0.6) is 0 Å². The van der Waals surface area contributed by atoms with Crippen molar-refractivity contribution < 1.29 is 45.1 Å². The second-order valence-corrected chi connectivity index (χ2v) is 10.7. The minimum atomic E-state index is -4.78. The maximum absolute atomic E-state index is 13.8. The summed E-state index contributed by atoms with van der Waals surface area (Å²) in [6, 6.07) is 5.11. The summed E-state index contributed by atoms with van der Waals surface area (Å²) in [6.07, 6.45) is -6.10. The number of aromatic nitrogens is 5. The summed E-state index contributed by atoms with van der Waals surface area (Å²) in [7, 11) is 0. The highest BCUT2D eigenvalue weighted by Crippen LogP contribution is 2.34. The summed E-state index contributed by atoms with van der Waals surface area (Å²) >= 11 is 6.28. The molecular weight excluding hydrogens is 679 g/mol. The van der Waals surface area contributed by atoms with E-state index in [-0.39, 0.29) is 16.3 Å². The van der Waals surface area contributed by atoms with Gasteiger partial charge >= 0.3 is 18.8 Å². The molecule has 1 aliphatic rings. The van der Waals surface area contributed by atoms with E-state index < -0.39 is 67.7 Å². The first-order chi connectivity index (χ1) is 22.6. The lowest BCUT2D eigenvalue weighted by Gasteiger charge is -2.28. The van der Waals surface area contributed by atoms with Gasteiger partial charge in [0.1, 0.15) is 25.0 Å². The first-order valence-electron chi connectivity index (χ1n) is 13.7. The number of alkyl halides is 7. The Morgan fingerprint density at radius 3 is 2.44 bits per heavy atom. The molecule has 2 aromatic carbocycles. The van der Waals surface area contributed by atoms with Crippen molar-refractivity contribution >= 4 is 29.6 Å². The number of hydrogen-bond donors (Lipinski definition) is 3. The van der Waals surface area contributed by atoms with Crippen molar-refractivity contribution in [3.05, 3.63) is 83.2 Å². The van der Waals surface area contributed by atoms with Gasteiger partial charge in [0.2, 0.25) is 0 Å². The van der Waals surface area contributed by atoms with Gasteiger partial charge in [0.05, 0.1) is 22.9 Å². The van der Waals surface area contributed by atoms with Crippen molar-refractivity contribution in [2.45, 2.75) is 44.2 Å². The summed E-state index contributed by atoms with van der Waals surface area (Å²) in [4.78, 5) is 30.5. The van der Waals surface area contributed by atoms with Crippen LogP contribution in [0.25, 0.3) is 16.8 Å². The molecule has 0 bridgehead atoms. The van der Waals surface area contributed by atoms with Crippen molar-refractivity contribution in [2.24, 2.45) is 0 Å². The molecule has 0 spiro atoms. The van der Waals surface area contributed by atoms with Crippen LogP contribution in [-0.2, 0) is 9.53 Å². The summed E-state index contributed by atoms with van der Waals surface area (Å²) in [5.74, 6) is -2.00. The average Bonchev–Trinajstić information content (AvgIpc) is 3.78. The molecule has 12 nitrogen and oxygen atoms in total. The first kappa shape index (κ1) is 34.1. The van der Waals surface area contributed by atoms with E-state index in [0.717, 1.165) is 22.1 Å². The molecule has 0 radical (unpaired) electrons. The van der Waals surface area contributed by atoms with Crippen LogP contribution in [0, 0.1) is 5.41 Å². The number of hydrogen-bond acceptors (Lipinski definition) is 7. The predicted octanol–water partition coefficient (Wildman–Crippen LogP) is 5.94. The number of alkyl carbamates (subject to hydrolysis) is 1. The predicted molar refractivity (Wildman–Crippen MR) is 153 cm³/mol. The Labute approximate surface area is 270 Å². The molecule has 0 unspecified atom stereocenters. The number of carbonyl (C=O) groups excluding carboxylic acids is 2. The maximum atomic E-state index is 13.8. The van der Waals surface area contributed by atoms with Crippen LogP contribution in [-0.4, -0.2) is 66.2 Å². The minimum absolute atomic E-state index is 0.0689. The molecule has 254 valence electrons. The summed E-state index contributed by atoms with van der Waals surface area (Å²) < 4.78 is 98.4. The molecule has 1 aliphatic heterocycles. The number of rotatable bonds is 10. The minimum Gasteiger partial charge on any atom is -0.447 e. The SMILES string of the molecule is C[C@@H](NC(=O)OC[C@H](c1ccc(Cl)c(-n2ncnc2C(F)F)c1)N1C(=N)N[C@H](c2ccc(-c3cnn(C(F)F)c3)cc2)C1=O)C(F)(F)F. The second-order valence-electron chi connectivity index (χ2n) is 10.3. The fourth-order valence-corrected chi connectivity index (χ4v) is 4.97. The molecule has 48 heavy (non-hydrogen) atoms. The van der Waals surface area contributed by atoms with Crippen LogP contribution in [0.1, 0.15) is 48.9 Å². The smallest absolute Gasteiger partial charge is 0.408 e. The van der Waals surface area contributed by atoms with E-state index in [0.29, 0.717) is 28.3 Å². The van der Waals surface area contributed by atoms with Crippen LogP contribution in [0.3, 0.4) is 0 Å². The number of carbonyl (C=O) groups is 2. The fourth-order valence-electron chi connectivity index (χ4n) is 4.77. The highest BCUT2D eigenvalue weighted by molar-refractivity contribution is 6.32. The van der Waals surface area contributed by atoms with Gasteiger partial charge in [0.25, 0.3) is 12.3 Å². The molecule has 4 aromatic rings. The number of halogens is 8. The Balaban J connectivity index is 1.46. The highest BCUT2D eigenvalue weighted by Gasteiger charge is 2.43. The van der Waals surface area contributed by atoms with Crippen molar-refractivity contribution in [3.63, 3.8) is 0 Å². The molecular formula is C28H23ClF7N9O3. The maximum Gasteiger partial charge on any atom is 0.408 e. The van der Waals surface area contributed by atoms with E-state index in [1.165, 1.54) is 36.5 Å². The molecule has 20 heteroatoms. The van der Waals surface area contributed by atoms with E-state index in [1.807, 2.05) is 0 Å². The first-order valence-corrected chi connectivity index (χ1v) is 14.1. The van der Waals surface area contributed by atoms with Crippen molar-refractivity contribution in [1.82, 2.24) is 40.1 Å². The van der Waals surface area contributed by atoms with E-state index in [1.54, 1.807) is 17.4 Å². The zero-order valence-electron chi connectivity index (χ0n) is 24.3. The standard InChI is InChI=1S/C28H23ClF7N9O3/c1-13(28(34,35)36)41-27(47)48-11-20(16-6-7-18(29)19(8-16)45-23(22(30)31)38-12-40-45)44-24(46)21(42-26(44)37)15-4-2-14(3-5-15)17-9-39-43(10-17)25(32)33/h2-10,12-13,20-22,25H,11H2,1H3,(H2,37,42)(H,41,47)/t13-,20-,21-/m1/s1. The molecule has 0 aliphatic carbocycles.